The number of ether oxygens (including phenoxy) is 1. The summed E-state index contributed by atoms with van der Waals surface area (Å²) in [5, 5.41) is 20.6. The molecule has 0 unspecified atom stereocenters. The van der Waals surface area contributed by atoms with Crippen molar-refractivity contribution in [1.29, 1.82) is 0 Å². The van der Waals surface area contributed by atoms with Gasteiger partial charge in [0.15, 0.2) is 0 Å². The Hall–Kier alpha value is -4.54. The van der Waals surface area contributed by atoms with Gasteiger partial charge in [0.05, 0.1) is 0 Å². The largest absolute Gasteiger partial charge is 0.457 e. The maximum Gasteiger partial charge on any atom is 0.271 e. The molecule has 4 N–H and O–H groups in total. The molecule has 144 valence electrons. The van der Waals surface area contributed by atoms with Crippen molar-refractivity contribution in [2.45, 2.75) is 0 Å². The fraction of sp³-hybridized carbons (Fsp3) is 0. The smallest absolute Gasteiger partial charge is 0.271 e. The molecule has 2 aromatic heterocycles. The number of rotatable bonds is 6. The fourth-order valence-electron chi connectivity index (χ4n) is 2.36. The lowest BCUT2D eigenvalue weighted by Crippen LogP contribution is -2.10. The van der Waals surface area contributed by atoms with Crippen molar-refractivity contribution in [3.05, 3.63) is 81.6 Å². The SMILES string of the molecule is O=c1cnnc(Nc2ccc(Oc3ccc(Nc4nncc(=O)[nH]4)cc3)cc2)[nH]1. The van der Waals surface area contributed by atoms with Crippen molar-refractivity contribution in [2.24, 2.45) is 0 Å². The van der Waals surface area contributed by atoms with Gasteiger partial charge in [-0.25, -0.2) is 0 Å². The first-order valence-corrected chi connectivity index (χ1v) is 8.40. The number of benzene rings is 2. The molecule has 2 aromatic carbocycles. The molecule has 2 heterocycles. The van der Waals surface area contributed by atoms with Crippen LogP contribution in [0.3, 0.4) is 0 Å². The minimum atomic E-state index is -0.342. The standard InChI is InChI=1S/C18H14N8O3/c27-15-9-19-25-17(23-15)21-11-1-5-13(6-2-11)29-14-7-3-12(4-8-14)22-18-24-16(28)10-20-26-18/h1-10H,(H2,21,23,25,27)(H2,22,24,26,28). The van der Waals surface area contributed by atoms with Gasteiger partial charge in [0.2, 0.25) is 11.9 Å². The quantitative estimate of drug-likeness (QED) is 0.387. The molecule has 11 heteroatoms. The van der Waals surface area contributed by atoms with Gasteiger partial charge < -0.3 is 15.4 Å². The molecule has 4 aromatic rings. The van der Waals surface area contributed by atoms with Crippen molar-refractivity contribution in [2.75, 3.05) is 10.6 Å². The number of aromatic nitrogens is 6. The van der Waals surface area contributed by atoms with E-state index in [2.05, 4.69) is 41.0 Å². The molecule has 29 heavy (non-hydrogen) atoms. The highest BCUT2D eigenvalue weighted by Crippen LogP contribution is 2.25. The molecule has 0 aliphatic rings. The molecule has 0 fully saturated rings. The molecular weight excluding hydrogens is 376 g/mol. The first-order valence-electron chi connectivity index (χ1n) is 8.40. The van der Waals surface area contributed by atoms with Crippen LogP contribution < -0.4 is 26.5 Å². The summed E-state index contributed by atoms with van der Waals surface area (Å²) in [7, 11) is 0. The molecule has 0 aliphatic heterocycles. The fourth-order valence-corrected chi connectivity index (χ4v) is 2.36. The molecule has 0 spiro atoms. The average Bonchev–Trinajstić information content (AvgIpc) is 2.71. The summed E-state index contributed by atoms with van der Waals surface area (Å²) in [6, 6.07) is 14.2. The van der Waals surface area contributed by atoms with Crippen LogP contribution in [0.1, 0.15) is 0 Å². The number of hydrogen-bond acceptors (Lipinski definition) is 9. The summed E-state index contributed by atoms with van der Waals surface area (Å²) in [5.74, 6) is 1.75. The van der Waals surface area contributed by atoms with Gasteiger partial charge in [-0.2, -0.15) is 0 Å². The van der Waals surface area contributed by atoms with Crippen LogP contribution in [-0.4, -0.2) is 30.4 Å². The molecule has 11 nitrogen and oxygen atoms in total. The second-order valence-electron chi connectivity index (χ2n) is 5.77. The second-order valence-corrected chi connectivity index (χ2v) is 5.77. The van der Waals surface area contributed by atoms with E-state index >= 15 is 0 Å². The lowest BCUT2D eigenvalue weighted by molar-refractivity contribution is 0.483. The minimum Gasteiger partial charge on any atom is -0.457 e. The van der Waals surface area contributed by atoms with Crippen LogP contribution in [0.2, 0.25) is 0 Å². The number of hydrogen-bond donors (Lipinski definition) is 4. The van der Waals surface area contributed by atoms with E-state index in [1.165, 1.54) is 0 Å². The Morgan fingerprint density at radius 2 is 1.07 bits per heavy atom. The Morgan fingerprint density at radius 1 is 0.655 bits per heavy atom. The van der Waals surface area contributed by atoms with Gasteiger partial charge >= 0.3 is 0 Å². The van der Waals surface area contributed by atoms with Crippen LogP contribution in [0.4, 0.5) is 23.3 Å². The van der Waals surface area contributed by atoms with Gasteiger partial charge in [0, 0.05) is 11.4 Å². The molecule has 0 bridgehead atoms. The van der Waals surface area contributed by atoms with E-state index in [0.29, 0.717) is 22.9 Å². The first-order chi connectivity index (χ1) is 14.1. The Balaban J connectivity index is 1.38. The Bertz CT molecular complexity index is 1120. The van der Waals surface area contributed by atoms with Crippen LogP contribution in [0, 0.1) is 0 Å². The normalized spacial score (nSPS) is 10.3. The van der Waals surface area contributed by atoms with Gasteiger partial charge in [-0.3, -0.25) is 19.6 Å². The number of nitrogens with one attached hydrogen (secondary N) is 4. The zero-order chi connectivity index (χ0) is 20.1. The zero-order valence-electron chi connectivity index (χ0n) is 14.8. The van der Waals surface area contributed by atoms with Crippen molar-refractivity contribution in [3.63, 3.8) is 0 Å². The van der Waals surface area contributed by atoms with Crippen molar-refractivity contribution >= 4 is 23.3 Å². The summed E-state index contributed by atoms with van der Waals surface area (Å²) < 4.78 is 5.80. The number of anilines is 4. The molecule has 0 saturated heterocycles. The second kappa shape index (κ2) is 8.00. The first kappa shape index (κ1) is 17.9. The van der Waals surface area contributed by atoms with Crippen LogP contribution in [0.15, 0.2) is 70.5 Å². The van der Waals surface area contributed by atoms with E-state index in [1.54, 1.807) is 48.5 Å². The van der Waals surface area contributed by atoms with Gasteiger partial charge in [-0.15, -0.1) is 20.4 Å². The lowest BCUT2D eigenvalue weighted by Gasteiger charge is -2.09. The molecule has 0 aliphatic carbocycles. The van der Waals surface area contributed by atoms with Crippen molar-refractivity contribution in [3.8, 4) is 11.5 Å². The summed E-state index contributed by atoms with van der Waals surface area (Å²) in [4.78, 5) is 27.5. The van der Waals surface area contributed by atoms with Crippen LogP contribution in [-0.2, 0) is 0 Å². The maximum atomic E-state index is 11.2. The van der Waals surface area contributed by atoms with Crippen molar-refractivity contribution < 1.29 is 4.74 Å². The van der Waals surface area contributed by atoms with Gasteiger partial charge in [0.25, 0.3) is 11.1 Å². The predicted molar refractivity (Wildman–Crippen MR) is 105 cm³/mol. The number of nitrogens with zero attached hydrogens (tertiary/aromatic N) is 4. The van der Waals surface area contributed by atoms with E-state index in [-0.39, 0.29) is 23.0 Å². The van der Waals surface area contributed by atoms with Gasteiger partial charge in [0.1, 0.15) is 23.9 Å². The van der Waals surface area contributed by atoms with E-state index in [0.717, 1.165) is 12.4 Å². The summed E-state index contributed by atoms with van der Waals surface area (Å²) in [6.45, 7) is 0. The average molecular weight is 390 g/mol. The lowest BCUT2D eigenvalue weighted by atomic mass is 10.3. The Morgan fingerprint density at radius 3 is 1.45 bits per heavy atom. The highest BCUT2D eigenvalue weighted by atomic mass is 16.5. The van der Waals surface area contributed by atoms with E-state index in [1.807, 2.05) is 0 Å². The third kappa shape index (κ3) is 4.80. The molecule has 0 radical (unpaired) electrons. The third-order valence-electron chi connectivity index (χ3n) is 3.62. The monoisotopic (exact) mass is 390 g/mol. The topological polar surface area (TPSA) is 151 Å². The highest BCUT2D eigenvalue weighted by Gasteiger charge is 2.02. The molecule has 4 rings (SSSR count). The molecule has 0 saturated carbocycles. The van der Waals surface area contributed by atoms with Crippen molar-refractivity contribution in [1.82, 2.24) is 30.4 Å². The molecule has 0 amide bonds. The molecule has 0 atom stereocenters. The van der Waals surface area contributed by atoms with Crippen LogP contribution >= 0.6 is 0 Å². The minimum absolute atomic E-state index is 0.249. The Kier molecular flexibility index (Phi) is 4.93. The number of aromatic amines is 2. The van der Waals surface area contributed by atoms with E-state index < -0.39 is 0 Å². The van der Waals surface area contributed by atoms with Crippen LogP contribution in [0.5, 0.6) is 11.5 Å². The van der Waals surface area contributed by atoms with Crippen LogP contribution in [0.25, 0.3) is 0 Å². The maximum absolute atomic E-state index is 11.2. The van der Waals surface area contributed by atoms with Gasteiger partial charge in [-0.05, 0) is 48.5 Å². The zero-order valence-corrected chi connectivity index (χ0v) is 14.8. The number of H-pyrrole nitrogens is 2. The predicted octanol–water partition coefficient (Wildman–Crippen LogP) is 1.92. The van der Waals surface area contributed by atoms with Gasteiger partial charge in [-0.1, -0.05) is 0 Å². The van der Waals surface area contributed by atoms with E-state index in [4.69, 9.17) is 4.74 Å². The van der Waals surface area contributed by atoms with E-state index in [9.17, 15) is 9.59 Å². The molecular formula is C18H14N8O3. The summed E-state index contributed by atoms with van der Waals surface area (Å²) >= 11 is 0. The highest BCUT2D eigenvalue weighted by molar-refractivity contribution is 5.56. The Labute approximate surface area is 162 Å². The summed E-state index contributed by atoms with van der Waals surface area (Å²) in [5.41, 5.74) is 0.745. The third-order valence-corrected chi connectivity index (χ3v) is 3.62. The summed E-state index contributed by atoms with van der Waals surface area (Å²) in [6.07, 6.45) is 2.19.